The minimum Gasteiger partial charge on any atom is -0.325 e. The molecular formula is C19H18BrN5OS. The second-order valence-electron chi connectivity index (χ2n) is 6.51. The number of nitrogens with one attached hydrogen (secondary N) is 1. The van der Waals surface area contributed by atoms with Gasteiger partial charge in [-0.05, 0) is 66.1 Å². The number of aromatic nitrogens is 4. The Morgan fingerprint density at radius 1 is 1.30 bits per heavy atom. The third-order valence-corrected chi connectivity index (χ3v) is 5.95. The van der Waals surface area contributed by atoms with E-state index in [1.807, 2.05) is 54.1 Å². The molecule has 2 aromatic carbocycles. The SMILES string of the molecule is Cc1cc(Br)ccc1SCC(=O)Nc1cccc(-c2nnnn2C2CC2)c1. The zero-order valence-electron chi connectivity index (χ0n) is 14.7. The third-order valence-electron chi connectivity index (χ3n) is 4.29. The van der Waals surface area contributed by atoms with E-state index in [-0.39, 0.29) is 5.91 Å². The van der Waals surface area contributed by atoms with Crippen molar-refractivity contribution in [3.63, 3.8) is 0 Å². The van der Waals surface area contributed by atoms with E-state index in [9.17, 15) is 4.79 Å². The third kappa shape index (κ3) is 4.39. The van der Waals surface area contributed by atoms with Crippen LogP contribution in [0, 0.1) is 6.92 Å². The summed E-state index contributed by atoms with van der Waals surface area (Å²) in [6.45, 7) is 2.04. The predicted molar refractivity (Wildman–Crippen MR) is 110 cm³/mol. The van der Waals surface area contributed by atoms with Crippen LogP contribution in [0.5, 0.6) is 0 Å². The quantitative estimate of drug-likeness (QED) is 0.568. The van der Waals surface area contributed by atoms with Gasteiger partial charge in [0, 0.05) is 20.6 Å². The number of carbonyl (C=O) groups excluding carboxylic acids is 1. The molecule has 0 atom stereocenters. The number of hydrogen-bond acceptors (Lipinski definition) is 5. The molecule has 0 radical (unpaired) electrons. The molecule has 0 spiro atoms. The Balaban J connectivity index is 1.42. The van der Waals surface area contributed by atoms with Crippen molar-refractivity contribution in [2.24, 2.45) is 0 Å². The number of hydrogen-bond donors (Lipinski definition) is 1. The fourth-order valence-electron chi connectivity index (χ4n) is 2.80. The summed E-state index contributed by atoms with van der Waals surface area (Å²) in [4.78, 5) is 13.5. The highest BCUT2D eigenvalue weighted by atomic mass is 79.9. The van der Waals surface area contributed by atoms with Gasteiger partial charge in [0.1, 0.15) is 0 Å². The van der Waals surface area contributed by atoms with Gasteiger partial charge >= 0.3 is 0 Å². The molecule has 4 rings (SSSR count). The van der Waals surface area contributed by atoms with Gasteiger partial charge in [0.15, 0.2) is 5.82 Å². The van der Waals surface area contributed by atoms with Crippen LogP contribution in [0.1, 0.15) is 24.4 Å². The molecule has 6 nitrogen and oxygen atoms in total. The number of anilines is 1. The largest absolute Gasteiger partial charge is 0.325 e. The van der Waals surface area contributed by atoms with Gasteiger partial charge in [0.05, 0.1) is 11.8 Å². The Bertz CT molecular complexity index is 986. The van der Waals surface area contributed by atoms with Gasteiger partial charge in [-0.15, -0.1) is 16.9 Å². The molecule has 0 aliphatic heterocycles. The number of carbonyl (C=O) groups is 1. The van der Waals surface area contributed by atoms with Crippen molar-refractivity contribution in [3.05, 3.63) is 52.5 Å². The minimum absolute atomic E-state index is 0.0405. The molecule has 27 heavy (non-hydrogen) atoms. The molecule has 1 saturated carbocycles. The van der Waals surface area contributed by atoms with Crippen LogP contribution in [0.3, 0.4) is 0 Å². The average molecular weight is 444 g/mol. The summed E-state index contributed by atoms with van der Waals surface area (Å²) >= 11 is 4.99. The molecule has 3 aromatic rings. The maximum Gasteiger partial charge on any atom is 0.234 e. The number of benzene rings is 2. The van der Waals surface area contributed by atoms with E-state index in [0.717, 1.165) is 44.8 Å². The van der Waals surface area contributed by atoms with Crippen LogP contribution in [0.4, 0.5) is 5.69 Å². The summed E-state index contributed by atoms with van der Waals surface area (Å²) in [5.74, 6) is 1.06. The second-order valence-corrected chi connectivity index (χ2v) is 8.44. The molecule has 1 amide bonds. The van der Waals surface area contributed by atoms with Crippen LogP contribution in [0.15, 0.2) is 51.8 Å². The van der Waals surface area contributed by atoms with Crippen LogP contribution >= 0.6 is 27.7 Å². The van der Waals surface area contributed by atoms with Gasteiger partial charge in [-0.1, -0.05) is 28.1 Å². The van der Waals surface area contributed by atoms with Gasteiger partial charge < -0.3 is 5.32 Å². The molecule has 1 aliphatic carbocycles. The number of tetrazole rings is 1. The first kappa shape index (κ1) is 18.2. The number of rotatable bonds is 6. The number of amides is 1. The first-order valence-corrected chi connectivity index (χ1v) is 10.4. The Hall–Kier alpha value is -2.19. The monoisotopic (exact) mass is 443 g/mol. The fourth-order valence-corrected chi connectivity index (χ4v) is 4.09. The summed E-state index contributed by atoms with van der Waals surface area (Å²) in [5, 5.41) is 15.0. The van der Waals surface area contributed by atoms with Crippen LogP contribution in [-0.4, -0.2) is 31.9 Å². The normalized spacial score (nSPS) is 13.6. The van der Waals surface area contributed by atoms with E-state index < -0.39 is 0 Å². The Kier molecular flexibility index (Phi) is 5.27. The van der Waals surface area contributed by atoms with Crippen molar-refractivity contribution in [1.29, 1.82) is 0 Å². The second kappa shape index (κ2) is 7.82. The zero-order chi connectivity index (χ0) is 18.8. The van der Waals surface area contributed by atoms with Crippen LogP contribution in [0.25, 0.3) is 11.4 Å². The van der Waals surface area contributed by atoms with Gasteiger partial charge in [0.25, 0.3) is 0 Å². The lowest BCUT2D eigenvalue weighted by atomic mass is 10.2. The van der Waals surface area contributed by atoms with Crippen LogP contribution < -0.4 is 5.32 Å². The molecule has 0 bridgehead atoms. The number of aryl methyl sites for hydroxylation is 1. The molecule has 0 saturated heterocycles. The van der Waals surface area contributed by atoms with E-state index in [0.29, 0.717) is 11.8 Å². The number of nitrogens with zero attached hydrogens (tertiary/aromatic N) is 4. The molecular weight excluding hydrogens is 426 g/mol. The van der Waals surface area contributed by atoms with Gasteiger partial charge in [-0.25, -0.2) is 4.68 Å². The minimum atomic E-state index is -0.0405. The highest BCUT2D eigenvalue weighted by molar-refractivity contribution is 9.10. The average Bonchev–Trinajstić information content (AvgIpc) is 3.37. The molecule has 138 valence electrons. The maximum absolute atomic E-state index is 12.4. The first-order chi connectivity index (χ1) is 13.1. The van der Waals surface area contributed by atoms with Gasteiger partial charge in [0.2, 0.25) is 5.91 Å². The van der Waals surface area contributed by atoms with E-state index in [4.69, 9.17) is 0 Å². The van der Waals surface area contributed by atoms with Crippen LogP contribution in [-0.2, 0) is 4.79 Å². The molecule has 1 heterocycles. The highest BCUT2D eigenvalue weighted by Crippen LogP contribution is 2.36. The molecule has 0 unspecified atom stereocenters. The fraction of sp³-hybridized carbons (Fsp3) is 0.263. The Labute approximate surface area is 169 Å². The molecule has 1 fully saturated rings. The molecule has 1 aliphatic rings. The topological polar surface area (TPSA) is 72.7 Å². The van der Waals surface area contributed by atoms with E-state index in [1.54, 1.807) is 0 Å². The van der Waals surface area contributed by atoms with Crippen molar-refractivity contribution in [1.82, 2.24) is 20.2 Å². The van der Waals surface area contributed by atoms with Gasteiger partial charge in [-0.2, -0.15) is 0 Å². The Morgan fingerprint density at radius 2 is 2.15 bits per heavy atom. The van der Waals surface area contributed by atoms with Crippen LogP contribution in [0.2, 0.25) is 0 Å². The van der Waals surface area contributed by atoms with E-state index >= 15 is 0 Å². The lowest BCUT2D eigenvalue weighted by Gasteiger charge is -2.09. The predicted octanol–water partition coefficient (Wildman–Crippen LogP) is 4.48. The van der Waals surface area contributed by atoms with Crippen molar-refractivity contribution in [2.45, 2.75) is 30.7 Å². The first-order valence-electron chi connectivity index (χ1n) is 8.67. The smallest absolute Gasteiger partial charge is 0.234 e. The summed E-state index contributed by atoms with van der Waals surface area (Å²) in [6, 6.07) is 14.1. The van der Waals surface area contributed by atoms with Gasteiger partial charge in [-0.3, -0.25) is 4.79 Å². The summed E-state index contributed by atoms with van der Waals surface area (Å²) in [5.41, 5.74) is 2.80. The molecule has 1 N–H and O–H groups in total. The van der Waals surface area contributed by atoms with Crippen molar-refractivity contribution in [2.75, 3.05) is 11.1 Å². The van der Waals surface area contributed by atoms with Crippen molar-refractivity contribution in [3.8, 4) is 11.4 Å². The molecule has 1 aromatic heterocycles. The zero-order valence-corrected chi connectivity index (χ0v) is 17.1. The standard InChI is InChI=1S/C19H18BrN5OS/c1-12-9-14(20)5-8-17(12)27-11-18(26)21-15-4-2-3-13(10-15)19-22-23-24-25(19)16-6-7-16/h2-5,8-10,16H,6-7,11H2,1H3,(H,21,26). The summed E-state index contributed by atoms with van der Waals surface area (Å²) in [6.07, 6.45) is 2.22. The lowest BCUT2D eigenvalue weighted by Crippen LogP contribution is -2.14. The summed E-state index contributed by atoms with van der Waals surface area (Å²) < 4.78 is 2.91. The van der Waals surface area contributed by atoms with E-state index in [1.165, 1.54) is 11.8 Å². The maximum atomic E-state index is 12.4. The molecule has 8 heteroatoms. The lowest BCUT2D eigenvalue weighted by molar-refractivity contribution is -0.113. The Morgan fingerprint density at radius 3 is 2.93 bits per heavy atom. The summed E-state index contributed by atoms with van der Waals surface area (Å²) in [7, 11) is 0. The van der Waals surface area contributed by atoms with Crippen molar-refractivity contribution >= 4 is 39.3 Å². The number of thioether (sulfide) groups is 1. The number of halogens is 1. The van der Waals surface area contributed by atoms with Crippen molar-refractivity contribution < 1.29 is 4.79 Å². The van der Waals surface area contributed by atoms with E-state index in [2.05, 4.69) is 36.8 Å². The highest BCUT2D eigenvalue weighted by Gasteiger charge is 2.28.